The van der Waals surface area contributed by atoms with Crippen LogP contribution >= 0.6 is 0 Å². The maximum atomic E-state index is 11.1. The zero-order valence-electron chi connectivity index (χ0n) is 6.85. The van der Waals surface area contributed by atoms with Gasteiger partial charge in [0, 0.05) is 22.9 Å². The highest BCUT2D eigenvalue weighted by Gasteiger charge is 2.08. The molecule has 0 bridgehead atoms. The third kappa shape index (κ3) is 1.05. The van der Waals surface area contributed by atoms with Crippen molar-refractivity contribution < 1.29 is 19.5 Å². The van der Waals surface area contributed by atoms with Crippen LogP contribution in [0.3, 0.4) is 0 Å². The number of fused-ring (bicyclic) bond motifs is 1. The van der Waals surface area contributed by atoms with Crippen LogP contribution in [0.25, 0.3) is 10.8 Å². The topological polar surface area (TPSA) is 106 Å². The molecule has 0 saturated heterocycles. The lowest BCUT2D eigenvalue weighted by atomic mass is 10.2. The zero-order chi connectivity index (χ0) is 10.3. The average molecular weight is 193 g/mol. The monoisotopic (exact) mass is 193 g/mol. The number of aromatic hydroxyl groups is 1. The lowest BCUT2D eigenvalue weighted by Crippen LogP contribution is -1.89. The Hall–Kier alpha value is -2.24. The summed E-state index contributed by atoms with van der Waals surface area (Å²) in [6.45, 7) is 0. The van der Waals surface area contributed by atoms with Crippen LogP contribution in [0.4, 0.5) is 5.69 Å². The van der Waals surface area contributed by atoms with Gasteiger partial charge in [-0.2, -0.15) is 0 Å². The van der Waals surface area contributed by atoms with Crippen LogP contribution in [0.15, 0.2) is 22.6 Å². The van der Waals surface area contributed by atoms with Gasteiger partial charge in [-0.3, -0.25) is 0 Å². The van der Waals surface area contributed by atoms with Crippen molar-refractivity contribution in [2.24, 2.45) is 0 Å². The van der Waals surface area contributed by atoms with Gasteiger partial charge in [-0.1, -0.05) is 4.86 Å². The van der Waals surface area contributed by atoms with Crippen molar-refractivity contribution in [1.82, 2.24) is 0 Å². The van der Waals surface area contributed by atoms with E-state index in [0.717, 1.165) is 0 Å². The summed E-state index contributed by atoms with van der Waals surface area (Å²) in [7, 11) is 0. The second-order valence-electron chi connectivity index (χ2n) is 2.72. The molecule has 2 N–H and O–H groups in total. The Morgan fingerprint density at radius 3 is 2.71 bits per heavy atom. The summed E-state index contributed by atoms with van der Waals surface area (Å²) in [5.74, 6) is -1.19. The molecule has 0 spiro atoms. The standard InChI is InChI=1S/C8H6N2O4/c9-10(13)4-1-2-5-6(3-4)8(12)14-7(5)11/h1-3,9,11-12H/p-1. The van der Waals surface area contributed by atoms with Gasteiger partial charge in [-0.25, -0.2) is 0 Å². The smallest absolute Gasteiger partial charge is 0.244 e. The van der Waals surface area contributed by atoms with Crippen molar-refractivity contribution in [3.05, 3.63) is 23.4 Å². The Morgan fingerprint density at radius 1 is 1.36 bits per heavy atom. The molecule has 0 saturated carbocycles. The summed E-state index contributed by atoms with van der Waals surface area (Å²) in [6.07, 6.45) is 0. The molecule has 6 nitrogen and oxygen atoms in total. The first-order chi connectivity index (χ1) is 6.59. The van der Waals surface area contributed by atoms with E-state index in [1.807, 2.05) is 0 Å². The third-order valence-corrected chi connectivity index (χ3v) is 1.88. The Labute approximate surface area is 77.7 Å². The molecule has 0 aliphatic rings. The van der Waals surface area contributed by atoms with Gasteiger partial charge in [0.25, 0.3) is 0 Å². The van der Waals surface area contributed by atoms with Gasteiger partial charge in [-0.05, 0) is 11.6 Å². The van der Waals surface area contributed by atoms with Crippen LogP contribution in [-0.4, -0.2) is 9.97 Å². The van der Waals surface area contributed by atoms with Gasteiger partial charge in [0.05, 0.1) is 5.95 Å². The van der Waals surface area contributed by atoms with E-state index in [1.165, 1.54) is 18.2 Å². The molecular weight excluding hydrogens is 188 g/mol. The van der Waals surface area contributed by atoms with Crippen LogP contribution in [0, 0.1) is 10.7 Å². The van der Waals surface area contributed by atoms with E-state index >= 15 is 0 Å². The van der Waals surface area contributed by atoms with E-state index in [1.54, 1.807) is 0 Å². The summed E-state index contributed by atoms with van der Waals surface area (Å²) >= 11 is 0. The van der Waals surface area contributed by atoms with Crippen LogP contribution in [0.2, 0.25) is 0 Å². The number of benzene rings is 1. The maximum Gasteiger partial charge on any atom is 0.244 e. The second kappa shape index (κ2) is 2.63. The molecule has 0 aliphatic carbocycles. The van der Waals surface area contributed by atoms with Crippen molar-refractivity contribution in [2.45, 2.75) is 0 Å². The molecule has 0 atom stereocenters. The van der Waals surface area contributed by atoms with E-state index in [9.17, 15) is 10.3 Å². The lowest BCUT2D eigenvalue weighted by Gasteiger charge is -1.97. The fourth-order valence-corrected chi connectivity index (χ4v) is 1.21. The van der Waals surface area contributed by atoms with Gasteiger partial charge in [-0.15, -0.1) is 0 Å². The number of rotatable bonds is 1. The molecular formula is C8H5N2O4-. The first-order valence-electron chi connectivity index (χ1n) is 3.70. The van der Waals surface area contributed by atoms with Gasteiger partial charge in [0.1, 0.15) is 0 Å². The Kier molecular flexibility index (Phi) is 1.57. The minimum atomic E-state index is -0.721. The molecule has 14 heavy (non-hydrogen) atoms. The van der Waals surface area contributed by atoms with Gasteiger partial charge in [0.2, 0.25) is 5.69 Å². The van der Waals surface area contributed by atoms with E-state index < -0.39 is 11.9 Å². The first kappa shape index (κ1) is 8.36. The molecule has 0 radical (unpaired) electrons. The molecule has 0 amide bonds. The number of nitrogens with one attached hydrogen (secondary N) is 1. The average Bonchev–Trinajstić information content (AvgIpc) is 2.42. The molecule has 1 aromatic carbocycles. The fourth-order valence-electron chi connectivity index (χ4n) is 1.21. The minimum absolute atomic E-state index is 0.00963. The molecule has 2 aromatic rings. The van der Waals surface area contributed by atoms with E-state index in [2.05, 4.69) is 4.42 Å². The van der Waals surface area contributed by atoms with E-state index in [-0.39, 0.29) is 21.3 Å². The van der Waals surface area contributed by atoms with Gasteiger partial charge >= 0.3 is 0 Å². The van der Waals surface area contributed by atoms with E-state index in [0.29, 0.717) is 0 Å². The molecule has 0 unspecified atom stereocenters. The van der Waals surface area contributed by atoms with Crippen molar-refractivity contribution in [2.75, 3.05) is 0 Å². The predicted octanol–water partition coefficient (Wildman–Crippen LogP) is 1.38. The Morgan fingerprint density at radius 2 is 2.07 bits per heavy atom. The van der Waals surface area contributed by atoms with Crippen LogP contribution in [-0.2, 0) is 0 Å². The summed E-state index contributed by atoms with van der Waals surface area (Å²) in [6, 6.07) is 3.86. The quantitative estimate of drug-likeness (QED) is 0.405. The van der Waals surface area contributed by atoms with Gasteiger partial charge < -0.3 is 19.8 Å². The molecule has 0 fully saturated rings. The highest BCUT2D eigenvalue weighted by Crippen LogP contribution is 2.35. The lowest BCUT2D eigenvalue weighted by molar-refractivity contribution is -0.465. The van der Waals surface area contributed by atoms with Crippen LogP contribution < -0.4 is 5.11 Å². The molecule has 1 aromatic heterocycles. The van der Waals surface area contributed by atoms with Crippen molar-refractivity contribution in [3.63, 3.8) is 0 Å². The van der Waals surface area contributed by atoms with Crippen molar-refractivity contribution >= 4 is 16.5 Å². The maximum absolute atomic E-state index is 11.1. The van der Waals surface area contributed by atoms with Gasteiger partial charge in [0.15, 0.2) is 5.95 Å². The summed E-state index contributed by atoms with van der Waals surface area (Å²) in [5, 5.41) is 31.1. The second-order valence-corrected chi connectivity index (χ2v) is 2.72. The fraction of sp³-hybridized carbons (Fsp3) is 0. The zero-order valence-corrected chi connectivity index (χ0v) is 6.85. The summed E-state index contributed by atoms with van der Waals surface area (Å²) < 4.78 is 4.42. The highest BCUT2D eigenvalue weighted by molar-refractivity contribution is 5.92. The summed E-state index contributed by atoms with van der Waals surface area (Å²) in [4.78, 5) is -0.122. The molecule has 2 rings (SSSR count). The molecule has 1 heterocycles. The predicted molar refractivity (Wildman–Crippen MR) is 43.3 cm³/mol. The largest absolute Gasteiger partial charge is 0.594 e. The Balaban J connectivity index is 2.77. The Bertz CT molecular complexity index is 517. The number of furan rings is 1. The molecule has 0 aliphatic heterocycles. The van der Waals surface area contributed by atoms with E-state index in [4.69, 9.17) is 10.6 Å². The first-order valence-corrected chi connectivity index (χ1v) is 3.70. The van der Waals surface area contributed by atoms with Crippen LogP contribution in [0.1, 0.15) is 0 Å². The number of nitrogens with zero attached hydrogens (tertiary/aromatic N) is 1. The minimum Gasteiger partial charge on any atom is -0.594 e. The van der Waals surface area contributed by atoms with Crippen LogP contribution in [0.5, 0.6) is 11.9 Å². The molecule has 6 heteroatoms. The third-order valence-electron chi connectivity index (χ3n) is 1.88. The number of hydrogen-bond donors (Lipinski definition) is 2. The SMILES string of the molecule is N=[N+]([O-])c1ccc2c(O)oc([O-])c2c1. The van der Waals surface area contributed by atoms with Crippen molar-refractivity contribution in [1.29, 1.82) is 5.53 Å². The molecule has 72 valence electrons. The normalized spacial score (nSPS) is 10.6. The highest BCUT2D eigenvalue weighted by atomic mass is 16.5. The van der Waals surface area contributed by atoms with Crippen molar-refractivity contribution in [3.8, 4) is 11.9 Å². The number of hydrogen-bond acceptors (Lipinski definition) is 5. The summed E-state index contributed by atoms with van der Waals surface area (Å²) in [5.41, 5.74) is 6.76.